The third-order valence-electron chi connectivity index (χ3n) is 3.33. The van der Waals surface area contributed by atoms with Crippen LogP contribution in [0, 0.1) is 5.92 Å². The summed E-state index contributed by atoms with van der Waals surface area (Å²) in [5.41, 5.74) is 6.74. The Balaban J connectivity index is 1.88. The molecule has 1 saturated heterocycles. The van der Waals surface area contributed by atoms with Gasteiger partial charge in [-0.05, 0) is 12.0 Å². The fourth-order valence-electron chi connectivity index (χ4n) is 2.16. The summed E-state index contributed by atoms with van der Waals surface area (Å²) >= 11 is 5.02. The molecular weight excluding hydrogens is 288 g/mol. The van der Waals surface area contributed by atoms with Crippen LogP contribution in [0.3, 0.4) is 0 Å². The monoisotopic (exact) mass is 308 g/mol. The van der Waals surface area contributed by atoms with Crippen molar-refractivity contribution in [3.05, 3.63) is 35.9 Å². The predicted octanol–water partition coefficient (Wildman–Crippen LogP) is 0.663. The van der Waals surface area contributed by atoms with Crippen LogP contribution >= 0.6 is 12.2 Å². The number of amides is 1. The second-order valence-corrected chi connectivity index (χ2v) is 5.43. The van der Waals surface area contributed by atoms with Crippen LogP contribution in [0.15, 0.2) is 30.3 Å². The van der Waals surface area contributed by atoms with Crippen LogP contribution in [0.1, 0.15) is 5.56 Å². The Bertz CT molecular complexity index is 475. The van der Waals surface area contributed by atoms with Gasteiger partial charge >= 0.3 is 0 Å². The number of hydrogen-bond donors (Lipinski definition) is 2. The van der Waals surface area contributed by atoms with Crippen LogP contribution in [-0.4, -0.2) is 43.4 Å². The third-order valence-corrected chi connectivity index (χ3v) is 3.62. The smallest absolute Gasteiger partial charge is 0.230 e. The van der Waals surface area contributed by atoms with Gasteiger partial charge in [-0.1, -0.05) is 42.5 Å². The molecule has 0 aromatic heterocycles. The van der Waals surface area contributed by atoms with Gasteiger partial charge in [-0.2, -0.15) is 0 Å². The average Bonchev–Trinajstić information content (AvgIpc) is 2.52. The van der Waals surface area contributed by atoms with Gasteiger partial charge < -0.3 is 20.5 Å². The van der Waals surface area contributed by atoms with E-state index in [1.54, 1.807) is 0 Å². The van der Waals surface area contributed by atoms with Crippen LogP contribution in [0.4, 0.5) is 0 Å². The zero-order chi connectivity index (χ0) is 15.1. The largest absolute Gasteiger partial charge is 0.393 e. The van der Waals surface area contributed by atoms with Crippen LogP contribution < -0.4 is 11.1 Å². The van der Waals surface area contributed by atoms with Crippen molar-refractivity contribution in [1.29, 1.82) is 0 Å². The van der Waals surface area contributed by atoms with Crippen molar-refractivity contribution in [1.82, 2.24) is 5.32 Å². The molecule has 114 valence electrons. The van der Waals surface area contributed by atoms with Gasteiger partial charge in [0.15, 0.2) is 0 Å². The number of thiocarbonyl (C=S) groups is 1. The Hall–Kier alpha value is -1.50. The lowest BCUT2D eigenvalue weighted by molar-refractivity contribution is -0.125. The summed E-state index contributed by atoms with van der Waals surface area (Å²) in [4.78, 5) is 12.5. The molecule has 0 aliphatic carbocycles. The molecular formula is C15H20N2O3S. The zero-order valence-electron chi connectivity index (χ0n) is 11.8. The Morgan fingerprint density at radius 2 is 2.14 bits per heavy atom. The number of nitrogens with two attached hydrogens (primary N) is 1. The van der Waals surface area contributed by atoms with E-state index in [1.165, 1.54) is 0 Å². The fourth-order valence-corrected chi connectivity index (χ4v) is 2.35. The second kappa shape index (κ2) is 8.07. The number of hydrogen-bond acceptors (Lipinski definition) is 4. The molecule has 1 amide bonds. The van der Waals surface area contributed by atoms with Crippen molar-refractivity contribution in [3.63, 3.8) is 0 Å². The molecule has 5 nitrogen and oxygen atoms in total. The molecule has 1 fully saturated rings. The molecule has 2 atom stereocenters. The van der Waals surface area contributed by atoms with Gasteiger partial charge in [0.1, 0.15) is 0 Å². The van der Waals surface area contributed by atoms with E-state index < -0.39 is 5.92 Å². The summed E-state index contributed by atoms with van der Waals surface area (Å²) in [5.74, 6) is -0.674. The van der Waals surface area contributed by atoms with E-state index >= 15 is 0 Å². The Labute approximate surface area is 129 Å². The number of carbonyl (C=O) groups is 1. The van der Waals surface area contributed by atoms with Crippen molar-refractivity contribution >= 4 is 23.1 Å². The van der Waals surface area contributed by atoms with Gasteiger partial charge in [0.25, 0.3) is 0 Å². The summed E-state index contributed by atoms with van der Waals surface area (Å²) in [5, 5.41) is 2.84. The molecule has 0 saturated carbocycles. The molecule has 21 heavy (non-hydrogen) atoms. The summed E-state index contributed by atoms with van der Waals surface area (Å²) < 4.78 is 10.8. The molecule has 3 N–H and O–H groups in total. The highest BCUT2D eigenvalue weighted by atomic mass is 32.1. The van der Waals surface area contributed by atoms with E-state index in [0.29, 0.717) is 32.8 Å². The number of benzene rings is 1. The SMILES string of the molecule is NC(=S)C(Cc1ccccc1)C(=O)NCC1COCCO1. The summed E-state index contributed by atoms with van der Waals surface area (Å²) in [7, 11) is 0. The maximum absolute atomic E-state index is 12.3. The first kappa shape index (κ1) is 15.9. The minimum Gasteiger partial charge on any atom is -0.393 e. The van der Waals surface area contributed by atoms with Crippen LogP contribution in [0.25, 0.3) is 0 Å². The predicted molar refractivity (Wildman–Crippen MR) is 84.0 cm³/mol. The van der Waals surface area contributed by atoms with E-state index in [2.05, 4.69) is 5.32 Å². The lowest BCUT2D eigenvalue weighted by Crippen LogP contribution is -2.44. The first-order chi connectivity index (χ1) is 10.2. The standard InChI is InChI=1S/C15H20N2O3S/c16-14(21)13(8-11-4-2-1-3-5-11)15(18)17-9-12-10-19-6-7-20-12/h1-5,12-13H,6-10H2,(H2,16,21)(H,17,18). The fraction of sp³-hybridized carbons (Fsp3) is 0.467. The molecule has 1 aliphatic rings. The summed E-state index contributed by atoms with van der Waals surface area (Å²) in [6.45, 7) is 2.07. The average molecular weight is 308 g/mol. The van der Waals surface area contributed by atoms with Gasteiger partial charge in [-0.3, -0.25) is 4.79 Å². The maximum Gasteiger partial charge on any atom is 0.230 e. The van der Waals surface area contributed by atoms with E-state index in [1.807, 2.05) is 30.3 Å². The maximum atomic E-state index is 12.3. The van der Waals surface area contributed by atoms with Gasteiger partial charge in [0.2, 0.25) is 5.91 Å². The molecule has 0 radical (unpaired) electrons. The van der Waals surface area contributed by atoms with Crippen molar-refractivity contribution in [2.75, 3.05) is 26.4 Å². The van der Waals surface area contributed by atoms with Crippen molar-refractivity contribution < 1.29 is 14.3 Å². The van der Waals surface area contributed by atoms with Gasteiger partial charge in [0, 0.05) is 6.54 Å². The van der Waals surface area contributed by atoms with E-state index in [0.717, 1.165) is 5.56 Å². The van der Waals surface area contributed by atoms with Crippen LogP contribution in [0.5, 0.6) is 0 Å². The Morgan fingerprint density at radius 1 is 1.38 bits per heavy atom. The molecule has 6 heteroatoms. The minimum absolute atomic E-state index is 0.105. The van der Waals surface area contributed by atoms with E-state index in [-0.39, 0.29) is 17.0 Å². The minimum atomic E-state index is -0.507. The van der Waals surface area contributed by atoms with Crippen LogP contribution in [0.2, 0.25) is 0 Å². The van der Waals surface area contributed by atoms with Crippen molar-refractivity contribution in [3.8, 4) is 0 Å². The van der Waals surface area contributed by atoms with E-state index in [9.17, 15) is 4.79 Å². The number of carbonyl (C=O) groups excluding carboxylic acids is 1. The molecule has 1 aromatic carbocycles. The Morgan fingerprint density at radius 3 is 2.76 bits per heavy atom. The van der Waals surface area contributed by atoms with Crippen molar-refractivity contribution in [2.45, 2.75) is 12.5 Å². The number of rotatable bonds is 6. The highest BCUT2D eigenvalue weighted by molar-refractivity contribution is 7.80. The van der Waals surface area contributed by atoms with Gasteiger partial charge in [-0.15, -0.1) is 0 Å². The first-order valence-corrected chi connectivity index (χ1v) is 7.38. The Kier molecular flexibility index (Phi) is 6.10. The van der Waals surface area contributed by atoms with Gasteiger partial charge in [-0.25, -0.2) is 0 Å². The highest BCUT2D eigenvalue weighted by Gasteiger charge is 2.23. The summed E-state index contributed by atoms with van der Waals surface area (Å²) in [6.07, 6.45) is 0.399. The molecule has 0 bridgehead atoms. The zero-order valence-corrected chi connectivity index (χ0v) is 12.6. The molecule has 0 spiro atoms. The quantitative estimate of drug-likeness (QED) is 0.756. The normalized spacial score (nSPS) is 19.7. The number of nitrogens with one attached hydrogen (secondary N) is 1. The van der Waals surface area contributed by atoms with Gasteiger partial charge in [0.05, 0.1) is 36.8 Å². The molecule has 1 heterocycles. The third kappa shape index (κ3) is 5.08. The number of ether oxygens (including phenoxy) is 2. The molecule has 2 unspecified atom stereocenters. The lowest BCUT2D eigenvalue weighted by atomic mass is 9.98. The molecule has 1 aromatic rings. The second-order valence-electron chi connectivity index (χ2n) is 4.96. The lowest BCUT2D eigenvalue weighted by Gasteiger charge is -2.24. The molecule has 2 rings (SSSR count). The summed E-state index contributed by atoms with van der Waals surface area (Å²) in [6, 6.07) is 9.70. The van der Waals surface area contributed by atoms with Crippen molar-refractivity contribution in [2.24, 2.45) is 11.7 Å². The van der Waals surface area contributed by atoms with Crippen LogP contribution in [-0.2, 0) is 20.7 Å². The highest BCUT2D eigenvalue weighted by Crippen LogP contribution is 2.10. The van der Waals surface area contributed by atoms with E-state index in [4.69, 9.17) is 27.4 Å². The topological polar surface area (TPSA) is 73.6 Å². The first-order valence-electron chi connectivity index (χ1n) is 6.97. The molecule has 1 aliphatic heterocycles.